The first-order valence-electron chi connectivity index (χ1n) is 8.86. The molecule has 0 spiro atoms. The lowest BCUT2D eigenvalue weighted by atomic mass is 9.89. The van der Waals surface area contributed by atoms with Crippen molar-refractivity contribution in [1.29, 1.82) is 10.5 Å². The summed E-state index contributed by atoms with van der Waals surface area (Å²) in [7, 11) is 0. The maximum Gasteiger partial charge on any atom is 0.225 e. The van der Waals surface area contributed by atoms with Crippen molar-refractivity contribution in [3.63, 3.8) is 0 Å². The molecule has 0 radical (unpaired) electrons. The molecule has 1 unspecified atom stereocenters. The van der Waals surface area contributed by atoms with Gasteiger partial charge in [0.2, 0.25) is 5.91 Å². The molecule has 2 aromatic rings. The van der Waals surface area contributed by atoms with E-state index < -0.39 is 0 Å². The zero-order valence-corrected chi connectivity index (χ0v) is 17.0. The predicted octanol–water partition coefficient (Wildman–Crippen LogP) is 4.44. The summed E-state index contributed by atoms with van der Waals surface area (Å²) in [6.07, 6.45) is 3.29. The van der Waals surface area contributed by atoms with Crippen molar-refractivity contribution >= 4 is 34.0 Å². The number of nitrogens with zero attached hydrogens (tertiary/aromatic N) is 3. The number of carbonyl (C=O) groups excluding carboxylic acids is 1. The molecule has 0 saturated carbocycles. The van der Waals surface area contributed by atoms with Crippen LogP contribution in [0.4, 0.5) is 5.00 Å². The molecule has 0 saturated heterocycles. The van der Waals surface area contributed by atoms with Crippen molar-refractivity contribution in [2.24, 2.45) is 5.92 Å². The van der Waals surface area contributed by atoms with Crippen molar-refractivity contribution in [3.8, 4) is 12.1 Å². The van der Waals surface area contributed by atoms with E-state index in [9.17, 15) is 10.1 Å². The van der Waals surface area contributed by atoms with E-state index in [0.29, 0.717) is 39.2 Å². The van der Waals surface area contributed by atoms with Gasteiger partial charge in [0.25, 0.3) is 0 Å². The minimum atomic E-state index is -0.114. The summed E-state index contributed by atoms with van der Waals surface area (Å²) >= 11 is 2.95. The number of thioether (sulfide) groups is 1. The molecule has 5 nitrogen and oxygen atoms in total. The van der Waals surface area contributed by atoms with E-state index in [1.807, 2.05) is 6.92 Å². The first-order valence-corrected chi connectivity index (χ1v) is 10.7. The Morgan fingerprint density at radius 3 is 2.96 bits per heavy atom. The summed E-state index contributed by atoms with van der Waals surface area (Å²) in [5.41, 5.74) is 3.12. The molecule has 0 aliphatic heterocycles. The van der Waals surface area contributed by atoms with Gasteiger partial charge in [0.05, 0.1) is 11.1 Å². The van der Waals surface area contributed by atoms with Gasteiger partial charge in [-0.3, -0.25) is 4.79 Å². The second kappa shape index (κ2) is 8.56. The molecule has 1 aliphatic carbocycles. The van der Waals surface area contributed by atoms with Crippen LogP contribution < -0.4 is 5.32 Å². The lowest BCUT2D eigenvalue weighted by Crippen LogP contribution is -2.12. The van der Waals surface area contributed by atoms with Crippen LogP contribution in [0.3, 0.4) is 0 Å². The van der Waals surface area contributed by atoms with E-state index in [1.165, 1.54) is 28.0 Å². The first kappa shape index (κ1) is 19.4. The van der Waals surface area contributed by atoms with Crippen LogP contribution in [-0.2, 0) is 17.6 Å². The number of aryl methyl sites for hydroxylation is 1. The summed E-state index contributed by atoms with van der Waals surface area (Å²) in [5.74, 6) is 1.04. The van der Waals surface area contributed by atoms with Gasteiger partial charge in [0.1, 0.15) is 22.2 Å². The Bertz CT molecular complexity index is 952. The molecule has 1 amide bonds. The highest BCUT2D eigenvalue weighted by molar-refractivity contribution is 7.99. The van der Waals surface area contributed by atoms with E-state index in [2.05, 4.69) is 29.4 Å². The number of aromatic nitrogens is 1. The van der Waals surface area contributed by atoms with Crippen LogP contribution in [-0.4, -0.2) is 16.6 Å². The number of rotatable bonds is 5. The molecule has 0 aromatic carbocycles. The van der Waals surface area contributed by atoms with Gasteiger partial charge in [0, 0.05) is 22.7 Å². The molecule has 2 heterocycles. The Hall–Kier alpha value is -2.35. The van der Waals surface area contributed by atoms with E-state index in [-0.39, 0.29) is 5.91 Å². The predicted molar refractivity (Wildman–Crippen MR) is 108 cm³/mol. The molecule has 27 heavy (non-hydrogen) atoms. The quantitative estimate of drug-likeness (QED) is 0.755. The lowest BCUT2D eigenvalue weighted by molar-refractivity contribution is -0.115. The first-order chi connectivity index (χ1) is 13.0. The van der Waals surface area contributed by atoms with Gasteiger partial charge in [-0.05, 0) is 49.8 Å². The number of hydrogen-bond acceptors (Lipinski definition) is 6. The number of carbonyl (C=O) groups is 1. The zero-order valence-electron chi connectivity index (χ0n) is 15.3. The molecular formula is C20H20N4OS2. The summed E-state index contributed by atoms with van der Waals surface area (Å²) in [6.45, 7) is 4.10. The van der Waals surface area contributed by atoms with E-state index in [1.54, 1.807) is 12.1 Å². The molecule has 1 aliphatic rings. The van der Waals surface area contributed by atoms with E-state index >= 15 is 0 Å². The molecule has 0 bridgehead atoms. The lowest BCUT2D eigenvalue weighted by Gasteiger charge is -2.17. The standard InChI is InChI=1S/C20H20N4OS2/c1-12-3-6-15-16(11-22)20(27-17(15)9-12)24-18(25)7-8-26-19-14(10-21)5-4-13(2)23-19/h4-5,12H,3,6-9H2,1-2H3,(H,24,25). The maximum atomic E-state index is 12.4. The minimum Gasteiger partial charge on any atom is -0.317 e. The minimum absolute atomic E-state index is 0.114. The van der Waals surface area contributed by atoms with Crippen molar-refractivity contribution in [2.75, 3.05) is 11.1 Å². The number of pyridine rings is 1. The van der Waals surface area contributed by atoms with Gasteiger partial charge in [0.15, 0.2) is 0 Å². The van der Waals surface area contributed by atoms with E-state index in [0.717, 1.165) is 30.5 Å². The Balaban J connectivity index is 1.62. The number of amides is 1. The highest BCUT2D eigenvalue weighted by atomic mass is 32.2. The van der Waals surface area contributed by atoms with Gasteiger partial charge in [-0.2, -0.15) is 10.5 Å². The Kier molecular flexibility index (Phi) is 6.15. The van der Waals surface area contributed by atoms with Crippen LogP contribution in [0.25, 0.3) is 0 Å². The Labute approximate surface area is 167 Å². The fourth-order valence-corrected chi connectivity index (χ4v) is 5.45. The third-order valence-corrected chi connectivity index (χ3v) is 6.73. The monoisotopic (exact) mass is 396 g/mol. The summed E-state index contributed by atoms with van der Waals surface area (Å²) < 4.78 is 0. The highest BCUT2D eigenvalue weighted by Crippen LogP contribution is 2.39. The number of anilines is 1. The molecule has 1 N–H and O–H groups in total. The average molecular weight is 397 g/mol. The van der Waals surface area contributed by atoms with Gasteiger partial charge in [-0.15, -0.1) is 23.1 Å². The maximum absolute atomic E-state index is 12.4. The number of thiophene rings is 1. The van der Waals surface area contributed by atoms with Crippen LogP contribution in [0.5, 0.6) is 0 Å². The number of nitrogens with one attached hydrogen (secondary N) is 1. The number of hydrogen-bond donors (Lipinski definition) is 1. The average Bonchev–Trinajstić information content (AvgIpc) is 2.97. The van der Waals surface area contributed by atoms with E-state index in [4.69, 9.17) is 5.26 Å². The second-order valence-corrected chi connectivity index (χ2v) is 8.92. The fourth-order valence-electron chi connectivity index (χ4n) is 3.11. The molecule has 3 rings (SSSR count). The van der Waals surface area contributed by atoms with Crippen molar-refractivity contribution in [2.45, 2.75) is 44.6 Å². The second-order valence-electron chi connectivity index (χ2n) is 6.73. The van der Waals surface area contributed by atoms with Crippen molar-refractivity contribution in [1.82, 2.24) is 4.98 Å². The van der Waals surface area contributed by atoms with Gasteiger partial charge in [-0.1, -0.05) is 6.92 Å². The van der Waals surface area contributed by atoms with Gasteiger partial charge in [-0.25, -0.2) is 4.98 Å². The normalized spacial score (nSPS) is 15.5. The zero-order chi connectivity index (χ0) is 19.4. The smallest absolute Gasteiger partial charge is 0.225 e. The molecule has 1 atom stereocenters. The molecular weight excluding hydrogens is 376 g/mol. The van der Waals surface area contributed by atoms with Crippen LogP contribution >= 0.6 is 23.1 Å². The summed E-state index contributed by atoms with van der Waals surface area (Å²) in [6, 6.07) is 7.96. The van der Waals surface area contributed by atoms with Crippen LogP contribution in [0, 0.1) is 35.5 Å². The number of nitriles is 2. The van der Waals surface area contributed by atoms with Crippen molar-refractivity contribution < 1.29 is 4.79 Å². The molecule has 138 valence electrons. The largest absolute Gasteiger partial charge is 0.317 e. The summed E-state index contributed by atoms with van der Waals surface area (Å²) in [4.78, 5) is 18.0. The molecule has 2 aromatic heterocycles. The molecule has 7 heteroatoms. The van der Waals surface area contributed by atoms with Crippen molar-refractivity contribution in [3.05, 3.63) is 39.4 Å². The SMILES string of the molecule is Cc1ccc(C#N)c(SCCC(=O)Nc2sc3c(c2C#N)CCC(C)C3)n1. The van der Waals surface area contributed by atoms with Crippen LogP contribution in [0.2, 0.25) is 0 Å². The van der Waals surface area contributed by atoms with Gasteiger partial charge < -0.3 is 5.32 Å². The molecule has 0 fully saturated rings. The van der Waals surface area contributed by atoms with Crippen LogP contribution in [0.15, 0.2) is 17.2 Å². The Morgan fingerprint density at radius 1 is 1.41 bits per heavy atom. The summed E-state index contributed by atoms with van der Waals surface area (Å²) in [5, 5.41) is 22.9. The topological polar surface area (TPSA) is 89.6 Å². The fraction of sp³-hybridized carbons (Fsp3) is 0.400. The Morgan fingerprint density at radius 2 is 2.22 bits per heavy atom. The number of fused-ring (bicyclic) bond motifs is 1. The third-order valence-electron chi connectivity index (χ3n) is 4.56. The van der Waals surface area contributed by atoms with Gasteiger partial charge >= 0.3 is 0 Å². The third kappa shape index (κ3) is 4.50. The highest BCUT2D eigenvalue weighted by Gasteiger charge is 2.24. The van der Waals surface area contributed by atoms with Crippen LogP contribution in [0.1, 0.15) is 47.0 Å².